The number of ether oxygens (including phenoxy) is 1. The summed E-state index contributed by atoms with van der Waals surface area (Å²) < 4.78 is 59.9. The van der Waals surface area contributed by atoms with Crippen LogP contribution >= 0.6 is 0 Å². The second-order valence-electron chi connectivity index (χ2n) is 10.3. The highest BCUT2D eigenvalue weighted by atomic mass is 32.2. The van der Waals surface area contributed by atoms with Crippen LogP contribution in [0.2, 0.25) is 0 Å². The molecule has 11 heteroatoms. The first-order valence-corrected chi connectivity index (χ1v) is 14.6. The Hall–Kier alpha value is -3.90. The molecule has 1 saturated heterocycles. The molecule has 1 N–H and O–H groups in total. The zero-order valence-corrected chi connectivity index (χ0v) is 24.1. The number of halogens is 2. The SMILES string of the molecule is CN1CCN(c2ccc(-c3cc(=O)n(C)cc3-c3cc(CCNS(=O)[O-])ccc3Oc3ccc(F)cc3F)cc2)CC1. The molecule has 1 aliphatic rings. The molecule has 0 saturated carbocycles. The third kappa shape index (κ3) is 6.93. The number of piperazine rings is 1. The number of likely N-dealkylation sites (N-methyl/N-ethyl adjacent to an activating group) is 1. The number of hydrogen-bond donors (Lipinski definition) is 1. The number of benzene rings is 3. The Morgan fingerprint density at radius 2 is 1.60 bits per heavy atom. The van der Waals surface area contributed by atoms with Gasteiger partial charge in [-0.05, 0) is 66.6 Å². The number of pyridine rings is 1. The van der Waals surface area contributed by atoms with Gasteiger partial charge in [0.2, 0.25) is 0 Å². The first-order valence-electron chi connectivity index (χ1n) is 13.5. The van der Waals surface area contributed by atoms with Crippen molar-refractivity contribution in [2.24, 2.45) is 7.05 Å². The summed E-state index contributed by atoms with van der Waals surface area (Å²) >= 11 is -2.40. The van der Waals surface area contributed by atoms with Gasteiger partial charge < -0.3 is 23.7 Å². The fourth-order valence-corrected chi connectivity index (χ4v) is 5.26. The number of anilines is 1. The van der Waals surface area contributed by atoms with Gasteiger partial charge in [-0.15, -0.1) is 0 Å². The minimum Gasteiger partial charge on any atom is -0.760 e. The number of rotatable bonds is 9. The molecule has 0 amide bonds. The molecule has 1 atom stereocenters. The van der Waals surface area contributed by atoms with Crippen molar-refractivity contribution in [2.45, 2.75) is 6.42 Å². The van der Waals surface area contributed by atoms with Gasteiger partial charge >= 0.3 is 0 Å². The minimum atomic E-state index is -2.40. The molecule has 220 valence electrons. The van der Waals surface area contributed by atoms with E-state index in [1.807, 2.05) is 30.3 Å². The summed E-state index contributed by atoms with van der Waals surface area (Å²) in [5, 5.41) is 0. The Kier molecular flexibility index (Phi) is 9.12. The van der Waals surface area contributed by atoms with Crippen molar-refractivity contribution in [3.63, 3.8) is 0 Å². The lowest BCUT2D eigenvalue weighted by atomic mass is 9.94. The van der Waals surface area contributed by atoms with Crippen molar-refractivity contribution >= 4 is 17.0 Å². The predicted molar refractivity (Wildman–Crippen MR) is 159 cm³/mol. The van der Waals surface area contributed by atoms with Crippen molar-refractivity contribution in [1.29, 1.82) is 0 Å². The Morgan fingerprint density at radius 3 is 2.29 bits per heavy atom. The van der Waals surface area contributed by atoms with Crippen molar-refractivity contribution in [3.05, 3.63) is 100 Å². The van der Waals surface area contributed by atoms with E-state index in [1.165, 1.54) is 10.6 Å². The lowest BCUT2D eigenvalue weighted by molar-refractivity contribution is 0.313. The van der Waals surface area contributed by atoms with Crippen molar-refractivity contribution in [2.75, 3.05) is 44.7 Å². The second-order valence-corrected chi connectivity index (χ2v) is 11.0. The molecule has 4 aromatic rings. The van der Waals surface area contributed by atoms with Gasteiger partial charge in [-0.25, -0.2) is 13.5 Å². The van der Waals surface area contributed by atoms with Crippen LogP contribution in [0.3, 0.4) is 0 Å². The van der Waals surface area contributed by atoms with E-state index in [0.29, 0.717) is 28.9 Å². The van der Waals surface area contributed by atoms with Crippen LogP contribution in [0.25, 0.3) is 22.3 Å². The highest BCUT2D eigenvalue weighted by Gasteiger charge is 2.19. The molecule has 1 fully saturated rings. The van der Waals surface area contributed by atoms with Gasteiger partial charge in [0, 0.05) is 86.2 Å². The van der Waals surface area contributed by atoms with Crippen LogP contribution in [0.5, 0.6) is 11.5 Å². The average Bonchev–Trinajstić information content (AvgIpc) is 2.97. The van der Waals surface area contributed by atoms with Gasteiger partial charge in [0.25, 0.3) is 5.56 Å². The largest absolute Gasteiger partial charge is 0.760 e. The van der Waals surface area contributed by atoms with Crippen LogP contribution in [0, 0.1) is 11.6 Å². The molecule has 42 heavy (non-hydrogen) atoms. The Labute approximate surface area is 245 Å². The lowest BCUT2D eigenvalue weighted by Gasteiger charge is -2.34. The van der Waals surface area contributed by atoms with E-state index in [2.05, 4.69) is 21.6 Å². The molecule has 8 nitrogen and oxygen atoms in total. The minimum absolute atomic E-state index is 0.156. The van der Waals surface area contributed by atoms with Crippen LogP contribution in [-0.4, -0.2) is 58.0 Å². The fraction of sp³-hybridized carbons (Fsp3) is 0.258. The number of nitrogens with zero attached hydrogens (tertiary/aromatic N) is 3. The first-order chi connectivity index (χ1) is 20.2. The zero-order valence-electron chi connectivity index (χ0n) is 23.3. The van der Waals surface area contributed by atoms with Gasteiger partial charge in [0.05, 0.1) is 0 Å². The normalized spacial score (nSPS) is 14.6. The summed E-state index contributed by atoms with van der Waals surface area (Å²) in [6.45, 7) is 3.99. The maximum atomic E-state index is 14.6. The van der Waals surface area contributed by atoms with Crippen LogP contribution in [-0.2, 0) is 24.7 Å². The Bertz CT molecular complexity index is 1650. The molecule has 1 unspecified atom stereocenters. The van der Waals surface area contributed by atoms with E-state index < -0.39 is 22.9 Å². The van der Waals surface area contributed by atoms with E-state index in [4.69, 9.17) is 4.74 Å². The Balaban J connectivity index is 1.58. The molecule has 1 aromatic heterocycles. The number of aromatic nitrogens is 1. The molecule has 0 bridgehead atoms. The predicted octanol–water partition coefficient (Wildman–Crippen LogP) is 4.47. The zero-order chi connectivity index (χ0) is 29.8. The quantitative estimate of drug-likeness (QED) is 0.288. The summed E-state index contributed by atoms with van der Waals surface area (Å²) in [5.41, 5.74) is 4.37. The monoisotopic (exact) mass is 593 g/mol. The summed E-state index contributed by atoms with van der Waals surface area (Å²) in [6.07, 6.45) is 2.08. The van der Waals surface area contributed by atoms with Crippen molar-refractivity contribution in [1.82, 2.24) is 14.2 Å². The number of hydrogen-bond acceptors (Lipinski definition) is 6. The van der Waals surface area contributed by atoms with Crippen LogP contribution < -0.4 is 19.9 Å². The molecular formula is C31H31F2N4O4S-. The highest BCUT2D eigenvalue weighted by molar-refractivity contribution is 7.77. The van der Waals surface area contributed by atoms with Crippen LogP contribution in [0.4, 0.5) is 14.5 Å². The summed E-state index contributed by atoms with van der Waals surface area (Å²) in [6, 6.07) is 17.9. The first kappa shape index (κ1) is 29.6. The molecular weight excluding hydrogens is 562 g/mol. The van der Waals surface area contributed by atoms with Crippen LogP contribution in [0.15, 0.2) is 77.7 Å². The summed E-state index contributed by atoms with van der Waals surface area (Å²) in [4.78, 5) is 17.4. The Morgan fingerprint density at radius 1 is 0.881 bits per heavy atom. The second kappa shape index (κ2) is 13.0. The molecule has 1 aliphatic heterocycles. The maximum Gasteiger partial charge on any atom is 0.250 e. The van der Waals surface area contributed by atoms with E-state index >= 15 is 0 Å². The summed E-state index contributed by atoms with van der Waals surface area (Å²) in [7, 11) is 3.75. The fourth-order valence-electron chi connectivity index (χ4n) is 4.99. The molecule has 0 radical (unpaired) electrons. The van der Waals surface area contributed by atoms with Gasteiger partial charge in [-0.2, -0.15) is 0 Å². The maximum absolute atomic E-state index is 14.6. The molecule has 3 aromatic carbocycles. The van der Waals surface area contributed by atoms with Crippen molar-refractivity contribution < 1.29 is 22.3 Å². The molecule has 0 aliphatic carbocycles. The highest BCUT2D eigenvalue weighted by Crippen LogP contribution is 2.40. The standard InChI is InChI=1S/C31H32F2N4O4S/c1-35-13-15-37(16-14-35)24-7-4-22(5-8-24)25-19-31(38)36(2)20-27(25)26-17-21(11-12-34-42(39)40)3-9-29(26)41-30-10-6-23(32)18-28(30)33/h3-10,17-20,34H,11-16H2,1-2H3,(H,39,40)/p-1. The number of aryl methyl sites for hydroxylation is 1. The van der Waals surface area contributed by atoms with Crippen molar-refractivity contribution in [3.8, 4) is 33.8 Å². The molecule has 5 rings (SSSR count). The van der Waals surface area contributed by atoms with Gasteiger partial charge in [0.15, 0.2) is 11.6 Å². The van der Waals surface area contributed by atoms with E-state index in [-0.39, 0.29) is 17.9 Å². The van der Waals surface area contributed by atoms with E-state index in [9.17, 15) is 22.3 Å². The summed E-state index contributed by atoms with van der Waals surface area (Å²) in [5.74, 6) is -1.44. The van der Waals surface area contributed by atoms with Gasteiger partial charge in [-0.1, -0.05) is 18.2 Å². The smallest absolute Gasteiger partial charge is 0.250 e. The molecule has 2 heterocycles. The molecule has 0 spiro atoms. The third-order valence-corrected chi connectivity index (χ3v) is 7.80. The van der Waals surface area contributed by atoms with Gasteiger partial charge in [-0.3, -0.25) is 9.00 Å². The third-order valence-electron chi connectivity index (χ3n) is 7.36. The average molecular weight is 594 g/mol. The van der Waals surface area contributed by atoms with E-state index in [1.54, 1.807) is 31.4 Å². The lowest BCUT2D eigenvalue weighted by Crippen LogP contribution is -2.44. The number of nitrogens with one attached hydrogen (secondary N) is 1. The van der Waals surface area contributed by atoms with Gasteiger partial charge in [0.1, 0.15) is 11.6 Å². The van der Waals surface area contributed by atoms with E-state index in [0.717, 1.165) is 55.1 Å². The topological polar surface area (TPSA) is 89.9 Å². The van der Waals surface area contributed by atoms with Crippen LogP contribution in [0.1, 0.15) is 5.56 Å².